The number of hydrogen-bond donors (Lipinski definition) is 2. The van der Waals surface area contributed by atoms with Gasteiger partial charge < -0.3 is 14.8 Å². The summed E-state index contributed by atoms with van der Waals surface area (Å²) in [5.74, 6) is 0.815. The summed E-state index contributed by atoms with van der Waals surface area (Å²) in [6.07, 6.45) is 0. The molecule has 0 spiro atoms. The first kappa shape index (κ1) is 18.6. The number of nitrogens with one attached hydrogen (secondary N) is 2. The van der Waals surface area contributed by atoms with Gasteiger partial charge in [-0.1, -0.05) is 18.2 Å². The smallest absolute Gasteiger partial charge is 0.262 e. The lowest BCUT2D eigenvalue weighted by Crippen LogP contribution is -2.13. The van der Waals surface area contributed by atoms with Gasteiger partial charge in [0.15, 0.2) is 11.5 Å². The van der Waals surface area contributed by atoms with Crippen molar-refractivity contribution in [2.75, 3.05) is 24.3 Å². The molecule has 27 heavy (non-hydrogen) atoms. The standard InChI is InChI=1S/C20H20N2O4S/c1-25-19-13-12-18(14-20(19)26-2)27(23,24)22-17-10-8-16(9-11-17)21-15-6-4-3-5-7-15/h3-14,21-22H,1-2H3. The van der Waals surface area contributed by atoms with E-state index < -0.39 is 10.0 Å². The van der Waals surface area contributed by atoms with Crippen LogP contribution >= 0.6 is 0 Å². The Morgan fingerprint density at radius 1 is 0.704 bits per heavy atom. The number of hydrogen-bond acceptors (Lipinski definition) is 5. The summed E-state index contributed by atoms with van der Waals surface area (Å²) < 4.78 is 38.1. The van der Waals surface area contributed by atoms with Gasteiger partial charge in [0.05, 0.1) is 19.1 Å². The van der Waals surface area contributed by atoms with Crippen LogP contribution in [0.15, 0.2) is 77.7 Å². The Kier molecular flexibility index (Phi) is 5.52. The molecular weight excluding hydrogens is 364 g/mol. The molecule has 0 saturated heterocycles. The molecule has 2 N–H and O–H groups in total. The van der Waals surface area contributed by atoms with Gasteiger partial charge in [0, 0.05) is 23.1 Å². The van der Waals surface area contributed by atoms with Crippen LogP contribution in [-0.2, 0) is 10.0 Å². The van der Waals surface area contributed by atoms with Crippen LogP contribution in [0.4, 0.5) is 17.1 Å². The van der Waals surface area contributed by atoms with Crippen LogP contribution in [0.3, 0.4) is 0 Å². The maximum absolute atomic E-state index is 12.6. The van der Waals surface area contributed by atoms with Gasteiger partial charge in [-0.25, -0.2) is 8.42 Å². The summed E-state index contributed by atoms with van der Waals surface area (Å²) in [5, 5.41) is 3.25. The van der Waals surface area contributed by atoms with Crippen LogP contribution in [-0.4, -0.2) is 22.6 Å². The van der Waals surface area contributed by atoms with Crippen molar-refractivity contribution in [3.05, 3.63) is 72.8 Å². The van der Waals surface area contributed by atoms with E-state index in [9.17, 15) is 8.42 Å². The zero-order chi connectivity index (χ0) is 19.3. The number of anilines is 3. The maximum atomic E-state index is 12.6. The fraction of sp³-hybridized carbons (Fsp3) is 0.100. The second-order valence-electron chi connectivity index (χ2n) is 5.69. The van der Waals surface area contributed by atoms with Gasteiger partial charge in [-0.05, 0) is 48.5 Å². The second kappa shape index (κ2) is 8.01. The van der Waals surface area contributed by atoms with Crippen molar-refractivity contribution < 1.29 is 17.9 Å². The molecule has 0 saturated carbocycles. The molecule has 0 amide bonds. The van der Waals surface area contributed by atoms with E-state index >= 15 is 0 Å². The molecule has 0 unspecified atom stereocenters. The average molecular weight is 384 g/mol. The van der Waals surface area contributed by atoms with Crippen LogP contribution < -0.4 is 19.5 Å². The monoisotopic (exact) mass is 384 g/mol. The molecule has 3 aromatic carbocycles. The molecule has 0 aliphatic carbocycles. The van der Waals surface area contributed by atoms with Crippen LogP contribution in [0.1, 0.15) is 0 Å². The third-order valence-corrected chi connectivity index (χ3v) is 5.24. The zero-order valence-electron chi connectivity index (χ0n) is 15.0. The van der Waals surface area contributed by atoms with E-state index in [4.69, 9.17) is 9.47 Å². The van der Waals surface area contributed by atoms with Gasteiger partial charge in [0.1, 0.15) is 0 Å². The summed E-state index contributed by atoms with van der Waals surface area (Å²) in [6.45, 7) is 0. The second-order valence-corrected chi connectivity index (χ2v) is 7.37. The maximum Gasteiger partial charge on any atom is 0.262 e. The number of rotatable bonds is 7. The number of benzene rings is 3. The Morgan fingerprint density at radius 3 is 1.93 bits per heavy atom. The van der Waals surface area contributed by atoms with E-state index in [2.05, 4.69) is 10.0 Å². The van der Waals surface area contributed by atoms with Gasteiger partial charge >= 0.3 is 0 Å². The molecule has 6 nitrogen and oxygen atoms in total. The minimum Gasteiger partial charge on any atom is -0.493 e. The van der Waals surface area contributed by atoms with E-state index in [0.29, 0.717) is 17.2 Å². The van der Waals surface area contributed by atoms with Crippen molar-refractivity contribution in [1.29, 1.82) is 0 Å². The lowest BCUT2D eigenvalue weighted by atomic mass is 10.2. The molecule has 140 valence electrons. The molecule has 0 aromatic heterocycles. The Bertz CT molecular complexity index is 1000. The molecule has 3 aromatic rings. The molecule has 0 atom stereocenters. The molecule has 0 fully saturated rings. The molecular formula is C20H20N2O4S. The third kappa shape index (κ3) is 4.51. The highest BCUT2D eigenvalue weighted by molar-refractivity contribution is 7.92. The lowest BCUT2D eigenvalue weighted by molar-refractivity contribution is 0.354. The molecule has 0 aliphatic heterocycles. The fourth-order valence-corrected chi connectivity index (χ4v) is 3.58. The Balaban J connectivity index is 1.76. The first-order valence-electron chi connectivity index (χ1n) is 8.19. The number of ether oxygens (including phenoxy) is 2. The van der Waals surface area contributed by atoms with Gasteiger partial charge in [0.2, 0.25) is 0 Å². The van der Waals surface area contributed by atoms with E-state index in [1.54, 1.807) is 30.3 Å². The minimum atomic E-state index is -3.75. The van der Waals surface area contributed by atoms with Crippen LogP contribution in [0, 0.1) is 0 Å². The molecule has 7 heteroatoms. The molecule has 3 rings (SSSR count). The highest BCUT2D eigenvalue weighted by atomic mass is 32.2. The van der Waals surface area contributed by atoms with Crippen LogP contribution in [0.5, 0.6) is 11.5 Å². The normalized spacial score (nSPS) is 10.9. The quantitative estimate of drug-likeness (QED) is 0.637. The Labute approximate surface area is 158 Å². The van der Waals surface area contributed by atoms with E-state index in [0.717, 1.165) is 11.4 Å². The van der Waals surface area contributed by atoms with Crippen LogP contribution in [0.2, 0.25) is 0 Å². The van der Waals surface area contributed by atoms with Crippen molar-refractivity contribution >= 4 is 27.1 Å². The van der Waals surface area contributed by atoms with E-state index in [1.165, 1.54) is 26.4 Å². The summed E-state index contributed by atoms with van der Waals surface area (Å²) in [5.41, 5.74) is 2.27. The SMILES string of the molecule is COc1ccc(S(=O)(=O)Nc2ccc(Nc3ccccc3)cc2)cc1OC. The lowest BCUT2D eigenvalue weighted by Gasteiger charge is -2.12. The van der Waals surface area contributed by atoms with E-state index in [-0.39, 0.29) is 4.90 Å². The van der Waals surface area contributed by atoms with Crippen molar-refractivity contribution in [2.24, 2.45) is 0 Å². The summed E-state index contributed by atoms with van der Waals surface area (Å²) >= 11 is 0. The topological polar surface area (TPSA) is 76.7 Å². The first-order chi connectivity index (χ1) is 13.0. The van der Waals surface area contributed by atoms with Crippen molar-refractivity contribution in [3.63, 3.8) is 0 Å². The minimum absolute atomic E-state index is 0.0895. The van der Waals surface area contributed by atoms with Gasteiger partial charge in [-0.2, -0.15) is 0 Å². The largest absolute Gasteiger partial charge is 0.493 e. The highest BCUT2D eigenvalue weighted by Crippen LogP contribution is 2.30. The third-order valence-electron chi connectivity index (χ3n) is 3.86. The fourth-order valence-electron chi connectivity index (χ4n) is 2.51. The van der Waals surface area contributed by atoms with Gasteiger partial charge in [-0.15, -0.1) is 0 Å². The summed E-state index contributed by atoms with van der Waals surface area (Å²) in [7, 11) is -0.795. The predicted octanol–water partition coefficient (Wildman–Crippen LogP) is 4.25. The molecule has 0 bridgehead atoms. The zero-order valence-corrected chi connectivity index (χ0v) is 15.8. The van der Waals surface area contributed by atoms with Gasteiger partial charge in [0.25, 0.3) is 10.0 Å². The highest BCUT2D eigenvalue weighted by Gasteiger charge is 2.17. The summed E-state index contributed by atoms with van der Waals surface area (Å²) in [4.78, 5) is 0.0895. The molecule has 0 aliphatic rings. The summed E-state index contributed by atoms with van der Waals surface area (Å²) in [6, 6.07) is 21.2. The number of sulfonamides is 1. The molecule has 0 radical (unpaired) electrons. The molecule has 0 heterocycles. The Morgan fingerprint density at radius 2 is 1.30 bits per heavy atom. The van der Waals surface area contributed by atoms with E-state index in [1.807, 2.05) is 30.3 Å². The van der Waals surface area contributed by atoms with Crippen molar-refractivity contribution in [3.8, 4) is 11.5 Å². The van der Waals surface area contributed by atoms with Gasteiger partial charge in [-0.3, -0.25) is 4.72 Å². The van der Waals surface area contributed by atoms with Crippen LogP contribution in [0.25, 0.3) is 0 Å². The average Bonchev–Trinajstić information content (AvgIpc) is 2.69. The van der Waals surface area contributed by atoms with Crippen molar-refractivity contribution in [2.45, 2.75) is 4.90 Å². The predicted molar refractivity (Wildman–Crippen MR) is 107 cm³/mol. The van der Waals surface area contributed by atoms with Crippen molar-refractivity contribution in [1.82, 2.24) is 0 Å². The first-order valence-corrected chi connectivity index (χ1v) is 9.67. The number of methoxy groups -OCH3 is 2. The number of para-hydroxylation sites is 1. The Hall–Kier alpha value is -3.19.